The maximum absolute atomic E-state index is 14.2. The van der Waals surface area contributed by atoms with E-state index in [0.29, 0.717) is 29.6 Å². The molecule has 4 N–H and O–H groups in total. The van der Waals surface area contributed by atoms with Crippen molar-refractivity contribution in [3.8, 4) is 0 Å². The van der Waals surface area contributed by atoms with Crippen LogP contribution in [0.2, 0.25) is 0 Å². The highest BCUT2D eigenvalue weighted by Gasteiger charge is 2.42. The minimum absolute atomic E-state index is 0.292. The lowest BCUT2D eigenvalue weighted by molar-refractivity contribution is 0.0688. The number of nitrogens with two attached hydrogens (primary N) is 2. The first-order valence-electron chi connectivity index (χ1n) is 5.96. The van der Waals surface area contributed by atoms with Crippen molar-refractivity contribution in [2.75, 3.05) is 18.9 Å². The summed E-state index contributed by atoms with van der Waals surface area (Å²) in [6.45, 7) is 0.911. The molecule has 1 atom stereocenters. The molecule has 1 saturated heterocycles. The van der Waals surface area contributed by atoms with Gasteiger partial charge in [0.15, 0.2) is 5.17 Å². The molecule has 4 nitrogen and oxygen atoms in total. The van der Waals surface area contributed by atoms with Crippen LogP contribution in [-0.2, 0) is 10.3 Å². The Morgan fingerprint density at radius 1 is 1.37 bits per heavy atom. The summed E-state index contributed by atoms with van der Waals surface area (Å²) >= 11 is 1.36. The molecule has 0 aromatic heterocycles. The third-order valence-electron chi connectivity index (χ3n) is 3.42. The zero-order chi connectivity index (χ0) is 13.5. The van der Waals surface area contributed by atoms with Gasteiger partial charge in [-0.3, -0.25) is 0 Å². The van der Waals surface area contributed by atoms with Crippen molar-refractivity contribution < 1.29 is 9.13 Å². The number of hydrogen-bond donors (Lipinski definition) is 2. The summed E-state index contributed by atoms with van der Waals surface area (Å²) in [5, 5.41) is 2.36. The molecule has 19 heavy (non-hydrogen) atoms. The molecular formula is C13H14FN3OS. The van der Waals surface area contributed by atoms with Crippen molar-refractivity contribution in [1.82, 2.24) is 0 Å². The second-order valence-electron chi connectivity index (χ2n) is 4.61. The summed E-state index contributed by atoms with van der Waals surface area (Å²) in [4.78, 5) is 4.48. The van der Waals surface area contributed by atoms with E-state index in [1.54, 1.807) is 6.07 Å². The maximum atomic E-state index is 14.2. The van der Waals surface area contributed by atoms with Crippen molar-refractivity contribution in [3.05, 3.63) is 40.6 Å². The molecule has 100 valence electrons. The second-order valence-corrected chi connectivity index (χ2v) is 5.50. The van der Waals surface area contributed by atoms with Crippen LogP contribution in [0.1, 0.15) is 12.0 Å². The number of nitrogens with zero attached hydrogens (tertiary/aromatic N) is 1. The summed E-state index contributed by atoms with van der Waals surface area (Å²) < 4.78 is 19.7. The van der Waals surface area contributed by atoms with Gasteiger partial charge in [-0.25, -0.2) is 9.38 Å². The quantitative estimate of drug-likeness (QED) is 0.771. The van der Waals surface area contributed by atoms with Gasteiger partial charge in [0, 0.05) is 11.3 Å². The zero-order valence-electron chi connectivity index (χ0n) is 10.2. The topological polar surface area (TPSA) is 73.6 Å². The Balaban J connectivity index is 2.19. The van der Waals surface area contributed by atoms with Crippen molar-refractivity contribution in [3.63, 3.8) is 0 Å². The normalized spacial score (nSPS) is 26.4. The van der Waals surface area contributed by atoms with Gasteiger partial charge in [-0.2, -0.15) is 0 Å². The molecule has 2 heterocycles. The number of fused-ring (bicyclic) bond motifs is 1. The fourth-order valence-electron chi connectivity index (χ4n) is 2.48. The van der Waals surface area contributed by atoms with Crippen LogP contribution in [-0.4, -0.2) is 18.4 Å². The van der Waals surface area contributed by atoms with Crippen LogP contribution in [0.25, 0.3) is 0 Å². The Hall–Kier alpha value is -1.53. The fraction of sp³-hybridized carbons (Fsp3) is 0.308. The lowest BCUT2D eigenvalue weighted by Gasteiger charge is -2.38. The monoisotopic (exact) mass is 279 g/mol. The minimum atomic E-state index is -0.854. The highest BCUT2D eigenvalue weighted by atomic mass is 32.2. The van der Waals surface area contributed by atoms with E-state index in [2.05, 4.69) is 4.99 Å². The molecule has 0 aliphatic carbocycles. The minimum Gasteiger partial charge on any atom is -0.399 e. The molecule has 1 fully saturated rings. The third-order valence-corrected chi connectivity index (χ3v) is 4.15. The molecular weight excluding hydrogens is 265 g/mol. The lowest BCUT2D eigenvalue weighted by Crippen LogP contribution is -2.40. The SMILES string of the molecule is NC1=N[C@@]2(c3cc(N)ccc3F)COCCC2=CS1. The average Bonchev–Trinajstić information content (AvgIpc) is 2.41. The number of amidine groups is 1. The van der Waals surface area contributed by atoms with Crippen molar-refractivity contribution in [2.45, 2.75) is 12.0 Å². The highest BCUT2D eigenvalue weighted by Crippen LogP contribution is 2.44. The number of aliphatic imine (C=N–C) groups is 1. The molecule has 6 heteroatoms. The number of benzene rings is 1. The lowest BCUT2D eigenvalue weighted by atomic mass is 9.81. The van der Waals surface area contributed by atoms with Gasteiger partial charge < -0.3 is 16.2 Å². The van der Waals surface area contributed by atoms with Crippen LogP contribution in [0, 0.1) is 5.82 Å². The molecule has 1 aromatic rings. The molecule has 0 bridgehead atoms. The van der Waals surface area contributed by atoms with Crippen LogP contribution >= 0.6 is 11.8 Å². The van der Waals surface area contributed by atoms with Gasteiger partial charge in [0.2, 0.25) is 0 Å². The first-order valence-corrected chi connectivity index (χ1v) is 6.84. The Morgan fingerprint density at radius 3 is 3.05 bits per heavy atom. The third kappa shape index (κ3) is 2.01. The molecule has 0 spiro atoms. The van der Waals surface area contributed by atoms with E-state index in [-0.39, 0.29) is 5.82 Å². The van der Waals surface area contributed by atoms with Crippen molar-refractivity contribution in [1.29, 1.82) is 0 Å². The molecule has 0 saturated carbocycles. The Bertz CT molecular complexity index is 587. The van der Waals surface area contributed by atoms with Gasteiger partial charge in [-0.15, -0.1) is 0 Å². The van der Waals surface area contributed by atoms with E-state index in [0.717, 1.165) is 12.0 Å². The summed E-state index contributed by atoms with van der Waals surface area (Å²) in [6.07, 6.45) is 0.720. The highest BCUT2D eigenvalue weighted by molar-refractivity contribution is 8.16. The number of anilines is 1. The van der Waals surface area contributed by atoms with Crippen LogP contribution < -0.4 is 11.5 Å². The fourth-order valence-corrected chi connectivity index (χ4v) is 3.26. The molecule has 0 radical (unpaired) electrons. The van der Waals surface area contributed by atoms with E-state index >= 15 is 0 Å². The van der Waals surface area contributed by atoms with Gasteiger partial charge in [-0.05, 0) is 35.6 Å². The Morgan fingerprint density at radius 2 is 2.21 bits per heavy atom. The van der Waals surface area contributed by atoms with Crippen molar-refractivity contribution in [2.24, 2.45) is 10.7 Å². The van der Waals surface area contributed by atoms with Gasteiger partial charge >= 0.3 is 0 Å². The largest absolute Gasteiger partial charge is 0.399 e. The van der Waals surface area contributed by atoms with Crippen LogP contribution in [0.5, 0.6) is 0 Å². The summed E-state index contributed by atoms with van der Waals surface area (Å²) in [7, 11) is 0. The molecule has 0 amide bonds. The molecule has 2 aliphatic heterocycles. The van der Waals surface area contributed by atoms with E-state index in [9.17, 15) is 4.39 Å². The average molecular weight is 279 g/mol. The smallest absolute Gasteiger partial charge is 0.159 e. The van der Waals surface area contributed by atoms with Gasteiger partial charge in [0.1, 0.15) is 11.4 Å². The Kier molecular flexibility index (Phi) is 2.99. The molecule has 2 aliphatic rings. The second kappa shape index (κ2) is 4.54. The molecule has 3 rings (SSSR count). The van der Waals surface area contributed by atoms with Gasteiger partial charge in [0.25, 0.3) is 0 Å². The van der Waals surface area contributed by atoms with E-state index in [4.69, 9.17) is 16.2 Å². The molecule has 0 unspecified atom stereocenters. The predicted octanol–water partition coefficient (Wildman–Crippen LogP) is 1.97. The standard InChI is InChI=1S/C13H14FN3OS/c14-11-2-1-9(15)5-10(11)13-7-18-4-3-8(13)6-19-12(16)17-13/h1-2,5-6H,3-4,7,15H2,(H2,16,17)/t13-/m0/s1. The maximum Gasteiger partial charge on any atom is 0.159 e. The van der Waals surface area contributed by atoms with Gasteiger partial charge in [-0.1, -0.05) is 11.8 Å². The van der Waals surface area contributed by atoms with Gasteiger partial charge in [0.05, 0.1) is 13.2 Å². The number of nitrogen functional groups attached to an aromatic ring is 1. The van der Waals surface area contributed by atoms with Crippen LogP contribution in [0.3, 0.4) is 0 Å². The number of ether oxygens (including phenoxy) is 1. The molecule has 1 aromatic carbocycles. The van der Waals surface area contributed by atoms with E-state index < -0.39 is 5.54 Å². The van der Waals surface area contributed by atoms with Crippen molar-refractivity contribution >= 4 is 22.6 Å². The van der Waals surface area contributed by atoms with E-state index in [1.807, 2.05) is 5.41 Å². The number of halogens is 1. The number of thioether (sulfide) groups is 1. The summed E-state index contributed by atoms with van der Waals surface area (Å²) in [6, 6.07) is 4.51. The van der Waals surface area contributed by atoms with Crippen LogP contribution in [0.15, 0.2) is 34.2 Å². The number of rotatable bonds is 1. The van der Waals surface area contributed by atoms with E-state index in [1.165, 1.54) is 23.9 Å². The summed E-state index contributed by atoms with van der Waals surface area (Å²) in [5.74, 6) is -0.339. The predicted molar refractivity (Wildman–Crippen MR) is 75.2 cm³/mol. The first-order chi connectivity index (χ1) is 9.12. The zero-order valence-corrected chi connectivity index (χ0v) is 11.0. The van der Waals surface area contributed by atoms with Crippen LogP contribution in [0.4, 0.5) is 10.1 Å². The first kappa shape index (κ1) is 12.5. The number of hydrogen-bond acceptors (Lipinski definition) is 5. The summed E-state index contributed by atoms with van der Waals surface area (Å²) in [5.41, 5.74) is 12.7. The Labute approximate surface area is 114 Å².